The van der Waals surface area contributed by atoms with E-state index in [1.54, 1.807) is 12.1 Å². The van der Waals surface area contributed by atoms with Crippen molar-refractivity contribution in [1.82, 2.24) is 4.90 Å². The van der Waals surface area contributed by atoms with Gasteiger partial charge >= 0.3 is 5.97 Å². The highest BCUT2D eigenvalue weighted by atomic mass is 79.9. The molecule has 40 heavy (non-hydrogen) atoms. The monoisotopic (exact) mass is 686 g/mol. The molecule has 3 aromatic carbocycles. The van der Waals surface area contributed by atoms with Crippen molar-refractivity contribution in [2.24, 2.45) is 0 Å². The molecule has 0 radical (unpaired) electrons. The van der Waals surface area contributed by atoms with E-state index in [0.717, 1.165) is 22.0 Å². The molecule has 0 spiro atoms. The molecule has 1 saturated heterocycles. The van der Waals surface area contributed by atoms with Crippen LogP contribution in [-0.4, -0.2) is 42.2 Å². The minimum atomic E-state index is -0.517. The first-order chi connectivity index (χ1) is 19.2. The lowest BCUT2D eigenvalue weighted by Gasteiger charge is -2.19. The zero-order valence-electron chi connectivity index (χ0n) is 22.3. The number of carbonyl (C=O) groups is 2. The average molecular weight is 688 g/mol. The number of nitrogens with zero attached hydrogens (tertiary/aromatic N) is 2. The van der Waals surface area contributed by atoms with Crippen molar-refractivity contribution in [3.63, 3.8) is 0 Å². The summed E-state index contributed by atoms with van der Waals surface area (Å²) in [6.07, 6.45) is 2.56. The van der Waals surface area contributed by atoms with Crippen LogP contribution in [-0.2, 0) is 27.4 Å². The van der Waals surface area contributed by atoms with E-state index in [9.17, 15) is 9.59 Å². The van der Waals surface area contributed by atoms with Crippen LogP contribution in [0.25, 0.3) is 6.08 Å². The summed E-state index contributed by atoms with van der Waals surface area (Å²) in [5.74, 6) is 0.199. The molecular formula is C30H28Br2N2O5S. The maximum Gasteiger partial charge on any atom is 0.325 e. The summed E-state index contributed by atoms with van der Waals surface area (Å²) in [5.41, 5.74) is 3.67. The highest BCUT2D eigenvalue weighted by Crippen LogP contribution is 2.39. The number of esters is 1. The fraction of sp³-hybridized carbons (Fsp3) is 0.233. The molecule has 1 fully saturated rings. The normalized spacial score (nSPS) is 14.2. The third-order valence-electron chi connectivity index (χ3n) is 6.18. The Morgan fingerprint density at radius 2 is 1.65 bits per heavy atom. The molecule has 0 N–H and O–H groups in total. The van der Waals surface area contributed by atoms with Gasteiger partial charge in [0.15, 0.2) is 16.6 Å². The van der Waals surface area contributed by atoms with Gasteiger partial charge in [0, 0.05) is 4.47 Å². The van der Waals surface area contributed by atoms with Gasteiger partial charge in [0.25, 0.3) is 5.91 Å². The number of benzene rings is 3. The topological polar surface area (TPSA) is 68.3 Å². The molecule has 0 unspecified atom stereocenters. The van der Waals surface area contributed by atoms with Crippen LogP contribution in [0, 0.1) is 0 Å². The first kappa shape index (κ1) is 29.8. The molecule has 1 amide bonds. The number of hydrogen-bond donors (Lipinski definition) is 0. The van der Waals surface area contributed by atoms with Gasteiger partial charge in [-0.15, -0.1) is 0 Å². The Morgan fingerprint density at radius 1 is 0.975 bits per heavy atom. The van der Waals surface area contributed by atoms with Crippen LogP contribution in [0.3, 0.4) is 0 Å². The molecule has 1 heterocycles. The molecule has 1 aliphatic rings. The SMILES string of the molecule is CCOc1cc(/C=C2/C(=O)N(c3ccc(CC)cc3)C(=S)N2CC(=O)OC)cc(Br)c1OCc1ccc(Br)cc1. The molecule has 0 aromatic heterocycles. The molecule has 0 saturated carbocycles. The number of halogens is 2. The van der Waals surface area contributed by atoms with Gasteiger partial charge < -0.3 is 19.1 Å². The zero-order valence-corrected chi connectivity index (χ0v) is 26.3. The second-order valence-electron chi connectivity index (χ2n) is 8.81. The Morgan fingerprint density at radius 3 is 2.27 bits per heavy atom. The summed E-state index contributed by atoms with van der Waals surface area (Å²) in [7, 11) is 1.30. The van der Waals surface area contributed by atoms with Crippen molar-refractivity contribution in [3.8, 4) is 11.5 Å². The van der Waals surface area contributed by atoms with E-state index in [1.165, 1.54) is 16.9 Å². The van der Waals surface area contributed by atoms with Gasteiger partial charge in [0.05, 0.1) is 23.9 Å². The lowest BCUT2D eigenvalue weighted by Crippen LogP contribution is -2.35. The molecule has 0 aliphatic carbocycles. The smallest absolute Gasteiger partial charge is 0.325 e. The maximum atomic E-state index is 13.7. The molecule has 1 aliphatic heterocycles. The van der Waals surface area contributed by atoms with Crippen LogP contribution in [0.2, 0.25) is 0 Å². The molecule has 208 valence electrons. The van der Waals surface area contributed by atoms with E-state index in [-0.39, 0.29) is 23.3 Å². The van der Waals surface area contributed by atoms with E-state index < -0.39 is 5.97 Å². The fourth-order valence-corrected chi connectivity index (χ4v) is 5.29. The van der Waals surface area contributed by atoms with Crippen LogP contribution in [0.1, 0.15) is 30.5 Å². The first-order valence-corrected chi connectivity index (χ1v) is 14.6. The molecule has 0 atom stereocenters. The van der Waals surface area contributed by atoms with Gasteiger partial charge in [-0.1, -0.05) is 47.1 Å². The Balaban J connectivity index is 1.70. The standard InChI is InChI=1S/C30H28Br2N2O5S/c1-4-19-8-12-23(13-9-19)34-29(36)25(33(30(34)40)17-27(35)37-3)15-21-14-24(32)28(26(16-21)38-5-2)39-18-20-6-10-22(31)11-7-20/h6-16H,4-5,17-18H2,1-3H3/b25-15-. The van der Waals surface area contributed by atoms with E-state index in [1.807, 2.05) is 61.5 Å². The molecule has 4 rings (SSSR count). The number of thiocarbonyl (C=S) groups is 1. The molecular weight excluding hydrogens is 660 g/mol. The van der Waals surface area contributed by atoms with E-state index in [2.05, 4.69) is 38.8 Å². The Hall–Kier alpha value is -3.21. The third-order valence-corrected chi connectivity index (χ3v) is 7.71. The van der Waals surface area contributed by atoms with Crippen LogP contribution in [0.4, 0.5) is 5.69 Å². The summed E-state index contributed by atoms with van der Waals surface area (Å²) in [6.45, 7) is 4.50. The average Bonchev–Trinajstić information content (AvgIpc) is 3.17. The van der Waals surface area contributed by atoms with Crippen LogP contribution in [0.5, 0.6) is 11.5 Å². The fourth-order valence-electron chi connectivity index (χ4n) is 4.10. The van der Waals surface area contributed by atoms with Gasteiger partial charge in [0.1, 0.15) is 18.8 Å². The number of hydrogen-bond acceptors (Lipinski definition) is 6. The van der Waals surface area contributed by atoms with Crippen LogP contribution < -0.4 is 14.4 Å². The third kappa shape index (κ3) is 6.74. The summed E-state index contributed by atoms with van der Waals surface area (Å²) >= 11 is 12.7. The minimum Gasteiger partial charge on any atom is -0.490 e. The van der Waals surface area contributed by atoms with Crippen molar-refractivity contribution in [2.75, 3.05) is 25.2 Å². The number of methoxy groups -OCH3 is 1. The van der Waals surface area contributed by atoms with Crippen LogP contribution in [0.15, 0.2) is 75.3 Å². The van der Waals surface area contributed by atoms with E-state index >= 15 is 0 Å². The van der Waals surface area contributed by atoms with Gasteiger partial charge in [0.2, 0.25) is 0 Å². The summed E-state index contributed by atoms with van der Waals surface area (Å²) in [6, 6.07) is 19.1. The quantitative estimate of drug-likeness (QED) is 0.131. The Kier molecular flexibility index (Phi) is 9.99. The number of anilines is 1. The van der Waals surface area contributed by atoms with Crippen molar-refractivity contribution in [2.45, 2.75) is 26.9 Å². The lowest BCUT2D eigenvalue weighted by molar-refractivity contribution is -0.140. The predicted octanol–water partition coefficient (Wildman–Crippen LogP) is 6.90. The predicted molar refractivity (Wildman–Crippen MR) is 166 cm³/mol. The number of amides is 1. The maximum absolute atomic E-state index is 13.7. The van der Waals surface area contributed by atoms with Crippen molar-refractivity contribution >= 4 is 72.8 Å². The Bertz CT molecular complexity index is 1440. The largest absolute Gasteiger partial charge is 0.490 e. The molecule has 3 aromatic rings. The lowest BCUT2D eigenvalue weighted by atomic mass is 10.1. The highest BCUT2D eigenvalue weighted by molar-refractivity contribution is 9.10. The summed E-state index contributed by atoms with van der Waals surface area (Å²) in [4.78, 5) is 28.9. The van der Waals surface area contributed by atoms with E-state index in [4.69, 9.17) is 26.4 Å². The van der Waals surface area contributed by atoms with Crippen molar-refractivity contribution < 1.29 is 23.8 Å². The molecule has 0 bridgehead atoms. The minimum absolute atomic E-state index is 0.199. The van der Waals surface area contributed by atoms with Gasteiger partial charge in [-0.2, -0.15) is 0 Å². The Labute approximate surface area is 256 Å². The van der Waals surface area contributed by atoms with Crippen LogP contribution >= 0.6 is 44.1 Å². The highest BCUT2D eigenvalue weighted by Gasteiger charge is 2.40. The van der Waals surface area contributed by atoms with Crippen molar-refractivity contribution in [1.29, 1.82) is 0 Å². The van der Waals surface area contributed by atoms with Gasteiger partial charge in [-0.25, -0.2) is 0 Å². The number of ether oxygens (including phenoxy) is 3. The molecule has 7 nitrogen and oxygen atoms in total. The first-order valence-electron chi connectivity index (χ1n) is 12.6. The van der Waals surface area contributed by atoms with E-state index in [0.29, 0.717) is 40.4 Å². The molecule has 10 heteroatoms. The summed E-state index contributed by atoms with van der Waals surface area (Å²) in [5, 5.41) is 0.199. The number of rotatable bonds is 10. The number of carbonyl (C=O) groups excluding carboxylic acids is 2. The van der Waals surface area contributed by atoms with Gasteiger partial charge in [-0.3, -0.25) is 14.5 Å². The second-order valence-corrected chi connectivity index (χ2v) is 10.9. The number of aryl methyl sites for hydroxylation is 1. The van der Waals surface area contributed by atoms with Gasteiger partial charge in [-0.05, 0) is 101 Å². The summed E-state index contributed by atoms with van der Waals surface area (Å²) < 4.78 is 18.5. The second kappa shape index (κ2) is 13.4. The zero-order chi connectivity index (χ0) is 28.8. The van der Waals surface area contributed by atoms with Crippen molar-refractivity contribution in [3.05, 3.63) is 92.0 Å².